The van der Waals surface area contributed by atoms with Crippen LogP contribution in [0.3, 0.4) is 0 Å². The van der Waals surface area contributed by atoms with Crippen molar-refractivity contribution in [3.8, 4) is 12.3 Å². The van der Waals surface area contributed by atoms with Crippen molar-refractivity contribution in [2.75, 3.05) is 62.5 Å². The quantitative estimate of drug-likeness (QED) is 0.0128. The molecule has 2 aromatic rings. The van der Waals surface area contributed by atoms with Gasteiger partial charge in [0.1, 0.15) is 6.04 Å². The predicted octanol–water partition coefficient (Wildman–Crippen LogP) is -4.67. The molecule has 71 heavy (non-hydrogen) atoms. The first-order valence-corrected chi connectivity index (χ1v) is 24.4. The number of rotatable bonds is 19. The van der Waals surface area contributed by atoms with E-state index in [-0.39, 0.29) is 136 Å². The van der Waals surface area contributed by atoms with Crippen molar-refractivity contribution in [1.29, 1.82) is 0 Å². The Labute approximate surface area is 463 Å². The molecule has 5 heterocycles. The SMILES string of the molecule is C#CC(=O)OCC.CCc1cn([C@@H]2C(=O)N(S(=O)(=O)[O-])[C@H]2CSCC(=O)OC)nn1.CCc1cn([C@@H]2C(=O)N[C@H]2CSCC(=O)OC)nn1.COC(=O)CSC[C@@H]1NC(=O)[C@H]1N=[N+]=[N-].O=C=O.O=C=O.[HH].[HH].[K+]. The molecule has 3 aliphatic rings. The Morgan fingerprint density at radius 1 is 0.803 bits per heavy atom. The summed E-state index contributed by atoms with van der Waals surface area (Å²) in [6.07, 6.45) is 9.85. The van der Waals surface area contributed by atoms with Crippen LogP contribution in [0.25, 0.3) is 10.4 Å². The molecular formula is C36H51KN12O18S4. The molecule has 2 N–H and O–H groups in total. The summed E-state index contributed by atoms with van der Waals surface area (Å²) in [6, 6.07) is -2.99. The molecule has 0 unspecified atom stereocenters. The third-order valence-corrected chi connectivity index (χ3v) is 12.6. The van der Waals surface area contributed by atoms with E-state index in [0.29, 0.717) is 30.2 Å². The van der Waals surface area contributed by atoms with Crippen molar-refractivity contribution < 1.29 is 139 Å². The maximum Gasteiger partial charge on any atom is 1.00 e. The number of methoxy groups -OCH3 is 3. The third-order valence-electron chi connectivity index (χ3n) is 8.54. The van der Waals surface area contributed by atoms with Crippen LogP contribution in [0.1, 0.15) is 47.1 Å². The molecule has 388 valence electrons. The minimum Gasteiger partial charge on any atom is -0.731 e. The number of hydrogen-bond acceptors (Lipinski definition) is 26. The van der Waals surface area contributed by atoms with Crippen LogP contribution in [0, 0.1) is 12.3 Å². The van der Waals surface area contributed by atoms with Crippen LogP contribution >= 0.6 is 35.3 Å². The van der Waals surface area contributed by atoms with E-state index in [1.165, 1.54) is 55.7 Å². The number of nitrogens with one attached hydrogen (secondary N) is 2. The van der Waals surface area contributed by atoms with Gasteiger partial charge in [-0.2, -0.15) is 19.2 Å². The van der Waals surface area contributed by atoms with Crippen LogP contribution in [0.4, 0.5) is 0 Å². The summed E-state index contributed by atoms with van der Waals surface area (Å²) in [7, 11) is -1.01. The zero-order valence-electron chi connectivity index (χ0n) is 39.0. The fourth-order valence-corrected chi connectivity index (χ4v) is 8.99. The van der Waals surface area contributed by atoms with E-state index in [9.17, 15) is 46.5 Å². The Morgan fingerprint density at radius 3 is 1.56 bits per heavy atom. The van der Waals surface area contributed by atoms with Crippen molar-refractivity contribution >= 4 is 99.5 Å². The first kappa shape index (κ1) is 67.9. The summed E-state index contributed by atoms with van der Waals surface area (Å²) in [4.78, 5) is 112. The average molecular weight is 1110 g/mol. The molecule has 3 aliphatic heterocycles. The second-order valence-corrected chi connectivity index (χ2v) is 17.2. The molecule has 0 aromatic carbocycles. The van der Waals surface area contributed by atoms with Crippen LogP contribution in [0.5, 0.6) is 0 Å². The first-order chi connectivity index (χ1) is 33.3. The van der Waals surface area contributed by atoms with E-state index < -0.39 is 46.3 Å². The second-order valence-electron chi connectivity index (χ2n) is 12.8. The van der Waals surface area contributed by atoms with Gasteiger partial charge >= 0.3 is 87.6 Å². The normalized spacial score (nSPS) is 18.5. The molecule has 3 amide bonds. The molecule has 0 aliphatic carbocycles. The zero-order valence-corrected chi connectivity index (χ0v) is 45.4. The standard InChI is InChI=1S/C11H16N4O6S2.C11H16N4O3S.C7H10N4O3S.C5H6O2.2CO2.K.2H2/c1-3-7-4-14(13-12-7)10-8(5-22-6-9(16)21-2)15(11(10)17)23(18,19)20;1-3-7-4-15(14-13-7)10-8(12-11(10)17)5-19-6-9(16)18-2;1-14-5(12)3-15-2-4-6(10-11-8)7(13)9-4;1-3-5(6)7-4-2;2*2-1-3;;;/h4,8,10H,3,5-6H2,1-2H3,(H,18,19,20);4,8,10H,3,5-6H2,1-2H3,(H,12,17);4,6H,2-3H2,1H3,(H,9,13);1H,4H2,2H3;;;;2*1H/q;;;;;;+1;;/p-1/t2*8-,10-;4-,6-;;;;;;/m000....../s1. The van der Waals surface area contributed by atoms with Crippen molar-refractivity contribution in [2.24, 2.45) is 5.11 Å². The van der Waals surface area contributed by atoms with Crippen molar-refractivity contribution in [2.45, 2.75) is 69.9 Å². The number of aryl methyl sites for hydroxylation is 2. The van der Waals surface area contributed by atoms with Crippen LogP contribution in [-0.4, -0.2) is 188 Å². The number of nitrogens with zero attached hydrogens (tertiary/aromatic N) is 10. The minimum absolute atomic E-state index is 0. The van der Waals surface area contributed by atoms with Crippen molar-refractivity contribution in [3.05, 3.63) is 34.2 Å². The van der Waals surface area contributed by atoms with E-state index in [2.05, 4.69) is 66.7 Å². The smallest absolute Gasteiger partial charge is 0.731 e. The van der Waals surface area contributed by atoms with Crippen LogP contribution in [-0.2, 0) is 94.8 Å². The molecule has 0 spiro atoms. The number of esters is 4. The largest absolute Gasteiger partial charge is 1.00 e. The maximum absolute atomic E-state index is 12.0. The predicted molar refractivity (Wildman–Crippen MR) is 242 cm³/mol. The van der Waals surface area contributed by atoms with Gasteiger partial charge in [0, 0.05) is 43.3 Å². The summed E-state index contributed by atoms with van der Waals surface area (Å²) in [5.41, 5.74) is 9.69. The Morgan fingerprint density at radius 2 is 1.23 bits per heavy atom. The molecule has 30 nitrogen and oxygen atoms in total. The van der Waals surface area contributed by atoms with Gasteiger partial charge in [-0.15, -0.1) is 51.9 Å². The van der Waals surface area contributed by atoms with Gasteiger partial charge in [-0.1, -0.05) is 29.4 Å². The molecule has 35 heteroatoms. The van der Waals surface area contributed by atoms with Gasteiger partial charge in [-0.05, 0) is 25.3 Å². The van der Waals surface area contributed by atoms with E-state index in [0.717, 1.165) is 23.9 Å². The molecular weight excluding hydrogens is 1060 g/mol. The summed E-state index contributed by atoms with van der Waals surface area (Å²) < 4.78 is 54.6. The zero-order chi connectivity index (χ0) is 53.4. The van der Waals surface area contributed by atoms with E-state index in [4.69, 9.17) is 24.7 Å². The molecule has 3 fully saturated rings. The van der Waals surface area contributed by atoms with Gasteiger partial charge in [0.25, 0.3) is 5.91 Å². The average Bonchev–Trinajstić information content (AvgIpc) is 4.00. The van der Waals surface area contributed by atoms with Gasteiger partial charge in [0.2, 0.25) is 11.8 Å². The Bertz CT molecular complexity index is 2350. The van der Waals surface area contributed by atoms with E-state index in [1.807, 2.05) is 13.8 Å². The third kappa shape index (κ3) is 24.2. The number of β-lactam (4-membered cyclic amide) rings is 3. The summed E-state index contributed by atoms with van der Waals surface area (Å²) in [6.45, 7) is 5.90. The number of hydrogen-bond donors (Lipinski definition) is 2. The van der Waals surface area contributed by atoms with Gasteiger partial charge in [-0.25, -0.2) is 26.9 Å². The number of carbonyl (C=O) groups is 7. The van der Waals surface area contributed by atoms with Crippen molar-refractivity contribution in [1.82, 2.24) is 44.9 Å². The van der Waals surface area contributed by atoms with Crippen LogP contribution < -0.4 is 62.0 Å². The fourth-order valence-electron chi connectivity index (χ4n) is 5.23. The summed E-state index contributed by atoms with van der Waals surface area (Å²) >= 11 is 3.83. The Hall–Kier alpha value is -5.20. The Kier molecular flexibility index (Phi) is 35.9. The number of amides is 3. The molecule has 5 rings (SSSR count). The van der Waals surface area contributed by atoms with Gasteiger partial charge in [-0.3, -0.25) is 28.8 Å². The second kappa shape index (κ2) is 37.6. The molecule has 0 radical (unpaired) electrons. The number of ether oxygens (including phenoxy) is 4. The fraction of sp³-hybridized carbons (Fsp3) is 0.583. The summed E-state index contributed by atoms with van der Waals surface area (Å²) in [5.74, 6) is 0.726. The van der Waals surface area contributed by atoms with Crippen LogP contribution in [0.15, 0.2) is 17.5 Å². The Balaban J connectivity index is -0.000000434. The van der Waals surface area contributed by atoms with Crippen LogP contribution in [0.2, 0.25) is 0 Å². The number of terminal acetylenes is 1. The van der Waals surface area contributed by atoms with Gasteiger partial charge < -0.3 is 34.1 Å². The topological polar surface area (TPSA) is 419 Å². The van der Waals surface area contributed by atoms with E-state index in [1.54, 1.807) is 23.7 Å². The molecule has 0 saturated carbocycles. The monoisotopic (exact) mass is 1110 g/mol. The van der Waals surface area contributed by atoms with Crippen molar-refractivity contribution in [3.63, 3.8) is 0 Å². The van der Waals surface area contributed by atoms with Gasteiger partial charge in [0.15, 0.2) is 22.4 Å². The van der Waals surface area contributed by atoms with E-state index >= 15 is 0 Å². The molecule has 2 aromatic heterocycles. The minimum atomic E-state index is -4.92. The maximum atomic E-state index is 12.0. The molecule has 6 atom stereocenters. The summed E-state index contributed by atoms with van der Waals surface area (Å²) in [5, 5.41) is 24.4. The number of thioether (sulfide) groups is 3. The molecule has 3 saturated heterocycles. The number of carbonyl (C=O) groups excluding carboxylic acids is 11. The van der Waals surface area contributed by atoms with Gasteiger partial charge in [0.05, 0.1) is 74.7 Å². The number of azide groups is 1. The first-order valence-electron chi connectivity index (χ1n) is 19.6. The molecule has 0 bridgehead atoms. The number of aromatic nitrogens is 6.